The van der Waals surface area contributed by atoms with Crippen LogP contribution in [0.4, 0.5) is 5.69 Å². The largest absolute Gasteiger partial charge is 0.396 e. The number of nitrogens with one attached hydrogen (secondary N) is 1. The second-order valence-electron chi connectivity index (χ2n) is 5.43. The lowest BCUT2D eigenvalue weighted by Gasteiger charge is -2.36. The van der Waals surface area contributed by atoms with Crippen molar-refractivity contribution in [3.05, 3.63) is 29.8 Å². The molecule has 1 saturated carbocycles. The van der Waals surface area contributed by atoms with E-state index in [0.717, 1.165) is 30.6 Å². The molecule has 0 bridgehead atoms. The predicted octanol–water partition coefficient (Wildman–Crippen LogP) is 2.53. The fourth-order valence-electron chi connectivity index (χ4n) is 2.71. The SMILES string of the molecule is OCc1ccc(NCC2(CO)CCCCC2)cc1. The van der Waals surface area contributed by atoms with E-state index < -0.39 is 0 Å². The minimum Gasteiger partial charge on any atom is -0.396 e. The van der Waals surface area contributed by atoms with Gasteiger partial charge in [0.15, 0.2) is 0 Å². The van der Waals surface area contributed by atoms with E-state index in [9.17, 15) is 5.11 Å². The highest BCUT2D eigenvalue weighted by molar-refractivity contribution is 5.44. The van der Waals surface area contributed by atoms with Crippen molar-refractivity contribution in [3.63, 3.8) is 0 Å². The van der Waals surface area contributed by atoms with Gasteiger partial charge in [-0.15, -0.1) is 0 Å². The number of rotatable bonds is 5. The zero-order chi connectivity index (χ0) is 12.8. The van der Waals surface area contributed by atoms with Gasteiger partial charge in [-0.1, -0.05) is 31.4 Å². The van der Waals surface area contributed by atoms with Crippen LogP contribution in [0.3, 0.4) is 0 Å². The van der Waals surface area contributed by atoms with Crippen LogP contribution in [0.25, 0.3) is 0 Å². The third kappa shape index (κ3) is 3.24. The summed E-state index contributed by atoms with van der Waals surface area (Å²) in [6.07, 6.45) is 5.99. The van der Waals surface area contributed by atoms with Crippen LogP contribution in [-0.2, 0) is 6.61 Å². The average molecular weight is 249 g/mol. The maximum absolute atomic E-state index is 9.63. The molecule has 1 aliphatic carbocycles. The third-order valence-electron chi connectivity index (χ3n) is 4.05. The summed E-state index contributed by atoms with van der Waals surface area (Å²) in [6, 6.07) is 7.82. The molecule has 3 nitrogen and oxygen atoms in total. The van der Waals surface area contributed by atoms with E-state index in [2.05, 4.69) is 5.32 Å². The van der Waals surface area contributed by atoms with E-state index in [0.29, 0.717) is 0 Å². The summed E-state index contributed by atoms with van der Waals surface area (Å²) in [5, 5.41) is 22.0. The molecule has 0 atom stereocenters. The smallest absolute Gasteiger partial charge is 0.0681 e. The van der Waals surface area contributed by atoms with E-state index in [1.807, 2.05) is 24.3 Å². The van der Waals surface area contributed by atoms with Crippen molar-refractivity contribution in [1.82, 2.24) is 0 Å². The molecule has 0 spiro atoms. The fraction of sp³-hybridized carbons (Fsp3) is 0.600. The van der Waals surface area contributed by atoms with Gasteiger partial charge < -0.3 is 15.5 Å². The van der Waals surface area contributed by atoms with Crippen LogP contribution < -0.4 is 5.32 Å². The van der Waals surface area contributed by atoms with Crippen LogP contribution in [0.1, 0.15) is 37.7 Å². The Morgan fingerprint density at radius 3 is 2.22 bits per heavy atom. The average Bonchev–Trinajstić information content (AvgIpc) is 2.47. The van der Waals surface area contributed by atoms with Gasteiger partial charge in [0.25, 0.3) is 0 Å². The Hall–Kier alpha value is -1.06. The molecule has 1 fully saturated rings. The van der Waals surface area contributed by atoms with E-state index in [1.165, 1.54) is 19.3 Å². The highest BCUT2D eigenvalue weighted by Crippen LogP contribution is 2.35. The molecule has 1 aliphatic rings. The number of aliphatic hydroxyl groups excluding tert-OH is 2. The molecule has 1 aromatic carbocycles. The van der Waals surface area contributed by atoms with Gasteiger partial charge in [-0.05, 0) is 30.5 Å². The molecule has 0 heterocycles. The number of hydrogen-bond acceptors (Lipinski definition) is 3. The first kappa shape index (κ1) is 13.4. The molecule has 0 aromatic heterocycles. The Morgan fingerprint density at radius 2 is 1.67 bits per heavy atom. The van der Waals surface area contributed by atoms with Gasteiger partial charge in [0.1, 0.15) is 0 Å². The highest BCUT2D eigenvalue weighted by atomic mass is 16.3. The number of benzene rings is 1. The van der Waals surface area contributed by atoms with E-state index in [-0.39, 0.29) is 18.6 Å². The number of anilines is 1. The fourth-order valence-corrected chi connectivity index (χ4v) is 2.71. The maximum Gasteiger partial charge on any atom is 0.0681 e. The first-order chi connectivity index (χ1) is 8.78. The van der Waals surface area contributed by atoms with Crippen molar-refractivity contribution in [2.75, 3.05) is 18.5 Å². The maximum atomic E-state index is 9.63. The van der Waals surface area contributed by atoms with E-state index in [4.69, 9.17) is 5.11 Å². The molecule has 0 amide bonds. The van der Waals surface area contributed by atoms with Gasteiger partial charge in [-0.2, -0.15) is 0 Å². The standard InChI is InChI=1S/C15H23NO2/c17-10-13-4-6-14(7-5-13)16-11-15(12-18)8-2-1-3-9-15/h4-7,16-18H,1-3,8-12H2. The van der Waals surface area contributed by atoms with Gasteiger partial charge in [0, 0.05) is 17.6 Å². The lowest BCUT2D eigenvalue weighted by molar-refractivity contribution is 0.0944. The molecule has 100 valence electrons. The summed E-state index contributed by atoms with van der Waals surface area (Å²) in [6.45, 7) is 1.19. The van der Waals surface area contributed by atoms with Gasteiger partial charge in [0.2, 0.25) is 0 Å². The zero-order valence-electron chi connectivity index (χ0n) is 10.9. The molecule has 2 rings (SSSR count). The Morgan fingerprint density at radius 1 is 1.00 bits per heavy atom. The Balaban J connectivity index is 1.92. The highest BCUT2D eigenvalue weighted by Gasteiger charge is 2.30. The minimum atomic E-state index is 0.0634. The molecule has 3 N–H and O–H groups in total. The monoisotopic (exact) mass is 249 g/mol. The number of hydrogen-bond donors (Lipinski definition) is 3. The van der Waals surface area contributed by atoms with Crippen LogP contribution in [0.5, 0.6) is 0 Å². The summed E-state index contributed by atoms with van der Waals surface area (Å²) in [5.74, 6) is 0. The minimum absolute atomic E-state index is 0.0634. The molecule has 1 aromatic rings. The topological polar surface area (TPSA) is 52.5 Å². The van der Waals surface area contributed by atoms with Gasteiger partial charge >= 0.3 is 0 Å². The van der Waals surface area contributed by atoms with Crippen LogP contribution in [0, 0.1) is 5.41 Å². The molecule has 18 heavy (non-hydrogen) atoms. The Bertz CT molecular complexity index is 355. The molecule has 0 radical (unpaired) electrons. The summed E-state index contributed by atoms with van der Waals surface area (Å²) >= 11 is 0. The second kappa shape index (κ2) is 6.21. The van der Waals surface area contributed by atoms with Crippen LogP contribution >= 0.6 is 0 Å². The van der Waals surface area contributed by atoms with E-state index >= 15 is 0 Å². The first-order valence-corrected chi connectivity index (χ1v) is 6.83. The lowest BCUT2D eigenvalue weighted by Crippen LogP contribution is -2.35. The van der Waals surface area contributed by atoms with Crippen molar-refractivity contribution >= 4 is 5.69 Å². The van der Waals surface area contributed by atoms with E-state index in [1.54, 1.807) is 0 Å². The quantitative estimate of drug-likeness (QED) is 0.751. The molecular formula is C15H23NO2. The molecule has 3 heteroatoms. The Labute approximate surface area is 109 Å². The van der Waals surface area contributed by atoms with Gasteiger partial charge in [0.05, 0.1) is 13.2 Å². The molecule has 0 aliphatic heterocycles. The summed E-state index contributed by atoms with van der Waals surface area (Å²) in [7, 11) is 0. The van der Waals surface area contributed by atoms with Crippen molar-refractivity contribution in [3.8, 4) is 0 Å². The molecule has 0 unspecified atom stereocenters. The van der Waals surface area contributed by atoms with Crippen molar-refractivity contribution in [2.45, 2.75) is 38.7 Å². The summed E-state index contributed by atoms with van der Waals surface area (Å²) in [5.41, 5.74) is 2.05. The molecule has 0 saturated heterocycles. The first-order valence-electron chi connectivity index (χ1n) is 6.83. The molecular weight excluding hydrogens is 226 g/mol. The third-order valence-corrected chi connectivity index (χ3v) is 4.05. The van der Waals surface area contributed by atoms with Crippen molar-refractivity contribution in [1.29, 1.82) is 0 Å². The number of aliphatic hydroxyl groups is 2. The van der Waals surface area contributed by atoms with Gasteiger partial charge in [-0.25, -0.2) is 0 Å². The van der Waals surface area contributed by atoms with Crippen LogP contribution in [0.15, 0.2) is 24.3 Å². The van der Waals surface area contributed by atoms with Crippen molar-refractivity contribution < 1.29 is 10.2 Å². The predicted molar refractivity (Wildman–Crippen MR) is 73.5 cm³/mol. The second-order valence-corrected chi connectivity index (χ2v) is 5.43. The normalized spacial score (nSPS) is 18.6. The van der Waals surface area contributed by atoms with Gasteiger partial charge in [-0.3, -0.25) is 0 Å². The van der Waals surface area contributed by atoms with Crippen LogP contribution in [0.2, 0.25) is 0 Å². The summed E-state index contributed by atoms with van der Waals surface area (Å²) in [4.78, 5) is 0. The lowest BCUT2D eigenvalue weighted by atomic mass is 9.74. The van der Waals surface area contributed by atoms with Crippen molar-refractivity contribution in [2.24, 2.45) is 5.41 Å². The zero-order valence-corrected chi connectivity index (χ0v) is 10.9. The Kier molecular flexibility index (Phi) is 4.61. The van der Waals surface area contributed by atoms with Crippen LogP contribution in [-0.4, -0.2) is 23.4 Å². The summed E-state index contributed by atoms with van der Waals surface area (Å²) < 4.78 is 0.